The molecular weight excluding hydrogens is 312 g/mol. The summed E-state index contributed by atoms with van der Waals surface area (Å²) in [6.07, 6.45) is 2.85. The zero-order valence-electron chi connectivity index (χ0n) is 13.0. The zero-order chi connectivity index (χ0) is 16.2. The smallest absolute Gasteiger partial charge is 0.221 e. The van der Waals surface area contributed by atoms with Crippen molar-refractivity contribution in [3.05, 3.63) is 29.0 Å². The van der Waals surface area contributed by atoms with Crippen molar-refractivity contribution in [2.75, 3.05) is 13.7 Å². The topological polar surface area (TPSA) is 71.9 Å². The fourth-order valence-corrected chi connectivity index (χ4v) is 2.59. The van der Waals surface area contributed by atoms with Crippen molar-refractivity contribution in [2.45, 2.75) is 25.8 Å². The van der Waals surface area contributed by atoms with Gasteiger partial charge in [-0.15, -0.1) is 0 Å². The Balaban J connectivity index is 1.67. The van der Waals surface area contributed by atoms with E-state index in [2.05, 4.69) is 15.5 Å². The summed E-state index contributed by atoms with van der Waals surface area (Å²) in [4.78, 5) is 11.9. The van der Waals surface area contributed by atoms with E-state index < -0.39 is 0 Å². The number of rotatable bonds is 7. The maximum absolute atomic E-state index is 11.9. The first-order valence-electron chi connectivity index (χ1n) is 7.73. The molecule has 0 saturated heterocycles. The Morgan fingerprint density at radius 1 is 1.43 bits per heavy atom. The molecule has 1 amide bonds. The molecular formula is C16H20N4O2S. The average molecular weight is 332 g/mol. The van der Waals surface area contributed by atoms with Gasteiger partial charge < -0.3 is 10.1 Å². The van der Waals surface area contributed by atoms with Gasteiger partial charge >= 0.3 is 0 Å². The number of nitrogens with zero attached hydrogens (tertiary/aromatic N) is 2. The average Bonchev–Trinajstić information content (AvgIpc) is 3.33. The van der Waals surface area contributed by atoms with Gasteiger partial charge in [0.05, 0.1) is 7.11 Å². The minimum Gasteiger partial charge on any atom is -0.497 e. The fraction of sp³-hybridized carbons (Fsp3) is 0.438. The number of nitrogens with one attached hydrogen (secondary N) is 2. The molecule has 0 spiro atoms. The lowest BCUT2D eigenvalue weighted by Crippen LogP contribution is -2.26. The fourth-order valence-electron chi connectivity index (χ4n) is 2.37. The molecule has 3 rings (SSSR count). The van der Waals surface area contributed by atoms with Crippen LogP contribution in [-0.4, -0.2) is 34.3 Å². The van der Waals surface area contributed by atoms with Crippen LogP contribution in [0.1, 0.15) is 19.3 Å². The third-order valence-electron chi connectivity index (χ3n) is 3.95. The van der Waals surface area contributed by atoms with Gasteiger partial charge in [0, 0.05) is 25.1 Å². The third-order valence-corrected chi connectivity index (χ3v) is 4.27. The van der Waals surface area contributed by atoms with Crippen LogP contribution in [0.3, 0.4) is 0 Å². The van der Waals surface area contributed by atoms with Gasteiger partial charge in [-0.3, -0.25) is 14.5 Å². The minimum absolute atomic E-state index is 0.0562. The van der Waals surface area contributed by atoms with Crippen molar-refractivity contribution in [1.29, 1.82) is 0 Å². The number of carbonyl (C=O) groups excluding carboxylic acids is 1. The Bertz CT molecular complexity index is 731. The molecule has 0 atom stereocenters. The van der Waals surface area contributed by atoms with E-state index in [1.54, 1.807) is 7.11 Å². The molecule has 1 saturated carbocycles. The van der Waals surface area contributed by atoms with Gasteiger partial charge in [0.25, 0.3) is 0 Å². The van der Waals surface area contributed by atoms with Gasteiger partial charge in [-0.1, -0.05) is 0 Å². The first kappa shape index (κ1) is 15.7. The molecule has 1 aromatic carbocycles. The predicted octanol–water partition coefficient (Wildman–Crippen LogP) is 2.53. The summed E-state index contributed by atoms with van der Waals surface area (Å²) < 4.78 is 7.54. The van der Waals surface area contributed by atoms with Crippen molar-refractivity contribution in [1.82, 2.24) is 20.1 Å². The number of benzene rings is 1. The lowest BCUT2D eigenvalue weighted by molar-refractivity contribution is -0.121. The second kappa shape index (κ2) is 6.95. The Labute approximate surface area is 139 Å². The molecule has 1 fully saturated rings. The molecule has 1 aromatic heterocycles. The van der Waals surface area contributed by atoms with Gasteiger partial charge in [-0.2, -0.15) is 5.10 Å². The number of aromatic amines is 1. The molecule has 0 aliphatic heterocycles. The number of aromatic nitrogens is 3. The van der Waals surface area contributed by atoms with Crippen molar-refractivity contribution < 1.29 is 9.53 Å². The van der Waals surface area contributed by atoms with Crippen LogP contribution in [0.2, 0.25) is 0 Å². The Hall–Kier alpha value is -2.15. The highest BCUT2D eigenvalue weighted by molar-refractivity contribution is 7.71. The molecule has 7 heteroatoms. The highest BCUT2D eigenvalue weighted by Gasteiger charge is 2.21. The molecule has 1 heterocycles. The van der Waals surface area contributed by atoms with E-state index in [0.717, 1.165) is 23.7 Å². The monoisotopic (exact) mass is 332 g/mol. The van der Waals surface area contributed by atoms with Crippen LogP contribution >= 0.6 is 12.2 Å². The van der Waals surface area contributed by atoms with E-state index in [1.165, 1.54) is 12.8 Å². The van der Waals surface area contributed by atoms with Gasteiger partial charge in [0.1, 0.15) is 5.75 Å². The van der Waals surface area contributed by atoms with Crippen LogP contribution in [0.5, 0.6) is 5.75 Å². The number of hydrogen-bond acceptors (Lipinski definition) is 4. The van der Waals surface area contributed by atoms with E-state index in [1.807, 2.05) is 28.8 Å². The van der Waals surface area contributed by atoms with Crippen LogP contribution in [0.15, 0.2) is 24.3 Å². The maximum atomic E-state index is 11.9. The maximum Gasteiger partial charge on any atom is 0.221 e. The predicted molar refractivity (Wildman–Crippen MR) is 89.8 cm³/mol. The number of carbonyl (C=O) groups is 1. The summed E-state index contributed by atoms with van der Waals surface area (Å²) in [6, 6.07) is 7.60. The summed E-state index contributed by atoms with van der Waals surface area (Å²) in [5.41, 5.74) is 0.927. The van der Waals surface area contributed by atoms with E-state index in [9.17, 15) is 4.79 Å². The van der Waals surface area contributed by atoms with Crippen molar-refractivity contribution in [2.24, 2.45) is 5.92 Å². The molecule has 1 aliphatic carbocycles. The summed E-state index contributed by atoms with van der Waals surface area (Å²) >= 11 is 5.28. The molecule has 0 radical (unpaired) electrons. The lowest BCUT2D eigenvalue weighted by atomic mass is 10.2. The highest BCUT2D eigenvalue weighted by atomic mass is 32.1. The van der Waals surface area contributed by atoms with E-state index in [0.29, 0.717) is 23.7 Å². The zero-order valence-corrected chi connectivity index (χ0v) is 13.9. The number of amides is 1. The minimum atomic E-state index is 0.0562. The van der Waals surface area contributed by atoms with Gasteiger partial charge in [0.15, 0.2) is 10.6 Å². The van der Waals surface area contributed by atoms with Crippen molar-refractivity contribution in [3.8, 4) is 17.1 Å². The standard InChI is InChI=1S/C16H20N4O2S/c1-22-13-6-4-12(5-7-13)15-18-19-16(23)20(15)9-8-14(21)17-10-11-2-3-11/h4-7,11H,2-3,8-10H2,1H3,(H,17,21)(H,19,23). The summed E-state index contributed by atoms with van der Waals surface area (Å²) in [5.74, 6) is 2.26. The lowest BCUT2D eigenvalue weighted by Gasteiger charge is -2.08. The van der Waals surface area contributed by atoms with E-state index in [4.69, 9.17) is 17.0 Å². The largest absolute Gasteiger partial charge is 0.497 e. The molecule has 0 bridgehead atoms. The second-order valence-corrected chi connectivity index (χ2v) is 6.12. The van der Waals surface area contributed by atoms with Gasteiger partial charge in [-0.05, 0) is 55.2 Å². The normalized spacial score (nSPS) is 13.8. The first-order valence-corrected chi connectivity index (χ1v) is 8.14. The second-order valence-electron chi connectivity index (χ2n) is 5.73. The first-order chi connectivity index (χ1) is 11.2. The van der Waals surface area contributed by atoms with E-state index >= 15 is 0 Å². The quantitative estimate of drug-likeness (QED) is 0.764. The summed E-state index contributed by atoms with van der Waals surface area (Å²) in [6.45, 7) is 1.30. The van der Waals surface area contributed by atoms with Gasteiger partial charge in [-0.25, -0.2) is 0 Å². The van der Waals surface area contributed by atoms with E-state index in [-0.39, 0.29) is 5.91 Å². The summed E-state index contributed by atoms with van der Waals surface area (Å²) in [5, 5.41) is 10.0. The SMILES string of the molecule is COc1ccc(-c2n[nH]c(=S)n2CCC(=O)NCC2CC2)cc1. The molecule has 0 unspecified atom stereocenters. The van der Waals surface area contributed by atoms with Crippen LogP contribution < -0.4 is 10.1 Å². The van der Waals surface area contributed by atoms with Crippen molar-refractivity contribution in [3.63, 3.8) is 0 Å². The highest BCUT2D eigenvalue weighted by Crippen LogP contribution is 2.27. The molecule has 2 N–H and O–H groups in total. The Morgan fingerprint density at radius 2 is 2.17 bits per heavy atom. The molecule has 23 heavy (non-hydrogen) atoms. The molecule has 6 nitrogen and oxygen atoms in total. The third kappa shape index (κ3) is 3.98. The Morgan fingerprint density at radius 3 is 2.83 bits per heavy atom. The van der Waals surface area contributed by atoms with Crippen LogP contribution in [-0.2, 0) is 11.3 Å². The summed E-state index contributed by atoms with van der Waals surface area (Å²) in [7, 11) is 1.63. The van der Waals surface area contributed by atoms with Crippen molar-refractivity contribution >= 4 is 18.1 Å². The number of ether oxygens (including phenoxy) is 1. The van der Waals surface area contributed by atoms with Crippen LogP contribution in [0, 0.1) is 10.7 Å². The number of H-pyrrole nitrogens is 1. The molecule has 122 valence electrons. The molecule has 2 aromatic rings. The Kier molecular flexibility index (Phi) is 4.76. The number of methoxy groups -OCH3 is 1. The van der Waals surface area contributed by atoms with Crippen LogP contribution in [0.4, 0.5) is 0 Å². The van der Waals surface area contributed by atoms with Crippen LogP contribution in [0.25, 0.3) is 11.4 Å². The number of hydrogen-bond donors (Lipinski definition) is 2. The van der Waals surface area contributed by atoms with Gasteiger partial charge in [0.2, 0.25) is 5.91 Å². The molecule has 1 aliphatic rings.